The van der Waals surface area contributed by atoms with Crippen LogP contribution in [0.2, 0.25) is 0 Å². The smallest absolute Gasteiger partial charge is 0.410 e. The molecule has 1 amide bonds. The number of nitrogens with zero attached hydrogens (tertiary/aromatic N) is 2. The van der Waals surface area contributed by atoms with Crippen molar-refractivity contribution < 1.29 is 14.6 Å². The largest absolute Gasteiger partial charge is 0.508 e. The summed E-state index contributed by atoms with van der Waals surface area (Å²) in [7, 11) is 0. The van der Waals surface area contributed by atoms with E-state index in [0.717, 1.165) is 28.0 Å². The Bertz CT molecular complexity index is 1000. The van der Waals surface area contributed by atoms with Gasteiger partial charge in [-0.15, -0.1) is 0 Å². The zero-order valence-corrected chi connectivity index (χ0v) is 18.0. The van der Waals surface area contributed by atoms with Gasteiger partial charge in [-0.25, -0.2) is 4.79 Å². The predicted molar refractivity (Wildman–Crippen MR) is 119 cm³/mol. The number of hydrogen-bond donors (Lipinski definition) is 2. The van der Waals surface area contributed by atoms with Gasteiger partial charge in [-0.1, -0.05) is 36.4 Å². The van der Waals surface area contributed by atoms with Crippen LogP contribution >= 0.6 is 0 Å². The number of aromatic hydroxyl groups is 1. The van der Waals surface area contributed by atoms with E-state index in [0.29, 0.717) is 25.3 Å². The quantitative estimate of drug-likeness (QED) is 0.745. The Morgan fingerprint density at radius 1 is 1.17 bits per heavy atom. The molecule has 0 aliphatic carbocycles. The second-order valence-electron chi connectivity index (χ2n) is 8.49. The lowest BCUT2D eigenvalue weighted by Gasteiger charge is -2.24. The number of phenols is 1. The van der Waals surface area contributed by atoms with Gasteiger partial charge in [0, 0.05) is 16.8 Å². The van der Waals surface area contributed by atoms with Gasteiger partial charge in [-0.3, -0.25) is 9.89 Å². The first-order valence-electron chi connectivity index (χ1n) is 9.98. The molecule has 0 radical (unpaired) electrons. The van der Waals surface area contributed by atoms with Crippen molar-refractivity contribution in [3.63, 3.8) is 0 Å². The fourth-order valence-corrected chi connectivity index (χ4v) is 3.34. The van der Waals surface area contributed by atoms with Crippen molar-refractivity contribution in [2.75, 3.05) is 13.1 Å². The van der Waals surface area contributed by atoms with E-state index in [-0.39, 0.29) is 5.75 Å². The molecule has 1 aliphatic heterocycles. The lowest BCUT2D eigenvalue weighted by atomic mass is 9.97. The van der Waals surface area contributed by atoms with Crippen LogP contribution in [0.1, 0.15) is 37.5 Å². The molecule has 0 saturated carbocycles. The zero-order chi connectivity index (χ0) is 21.9. The molecule has 0 spiro atoms. The van der Waals surface area contributed by atoms with Crippen LogP contribution in [0.15, 0.2) is 64.8 Å². The average Bonchev–Trinajstić information content (AvgIpc) is 3.04. The molecule has 3 rings (SSSR count). The third-order valence-electron chi connectivity index (χ3n) is 4.77. The van der Waals surface area contributed by atoms with Gasteiger partial charge in [0.05, 0.1) is 25.3 Å². The van der Waals surface area contributed by atoms with Crippen molar-refractivity contribution in [2.45, 2.75) is 39.8 Å². The van der Waals surface area contributed by atoms with Gasteiger partial charge in [0.1, 0.15) is 11.4 Å². The van der Waals surface area contributed by atoms with E-state index in [2.05, 4.69) is 0 Å². The Hall–Kier alpha value is -3.28. The number of ether oxygens (including phenoxy) is 1. The lowest BCUT2D eigenvalue weighted by Crippen LogP contribution is -2.36. The first-order valence-corrected chi connectivity index (χ1v) is 9.98. The van der Waals surface area contributed by atoms with Gasteiger partial charge < -0.3 is 15.6 Å². The maximum Gasteiger partial charge on any atom is 0.410 e. The molecule has 0 unspecified atom stereocenters. The van der Waals surface area contributed by atoms with E-state index < -0.39 is 11.7 Å². The molecule has 1 heterocycles. The third-order valence-corrected chi connectivity index (χ3v) is 4.77. The molecule has 6 nitrogen and oxygen atoms in total. The van der Waals surface area contributed by atoms with Crippen LogP contribution in [-0.4, -0.2) is 40.5 Å². The van der Waals surface area contributed by atoms with Crippen molar-refractivity contribution in [2.24, 2.45) is 10.7 Å². The summed E-state index contributed by atoms with van der Waals surface area (Å²) in [6, 6.07) is 15.0. The van der Waals surface area contributed by atoms with E-state index in [1.165, 1.54) is 0 Å². The van der Waals surface area contributed by atoms with E-state index in [9.17, 15) is 9.90 Å². The van der Waals surface area contributed by atoms with E-state index in [1.807, 2.05) is 58.0 Å². The summed E-state index contributed by atoms with van der Waals surface area (Å²) >= 11 is 0. The first kappa shape index (κ1) is 21.4. The number of aliphatic imine (C=N–C) groups is 1. The Morgan fingerprint density at radius 3 is 2.57 bits per heavy atom. The second-order valence-corrected chi connectivity index (χ2v) is 8.49. The summed E-state index contributed by atoms with van der Waals surface area (Å²) in [6.45, 7) is 8.59. The van der Waals surface area contributed by atoms with Crippen LogP contribution in [0.5, 0.6) is 5.75 Å². The molecular formula is C24H29N3O3. The van der Waals surface area contributed by atoms with Crippen molar-refractivity contribution in [3.8, 4) is 5.75 Å². The summed E-state index contributed by atoms with van der Waals surface area (Å²) in [5, 5.41) is 9.75. The SMILES string of the molecule is Cc1ccccc1C(=NCc1cccc(O)c1)C1=C(N)CN(C(=O)OC(C)(C)C)C1. The summed E-state index contributed by atoms with van der Waals surface area (Å²) in [6.07, 6.45) is -0.391. The van der Waals surface area contributed by atoms with E-state index >= 15 is 0 Å². The molecule has 2 aromatic rings. The highest BCUT2D eigenvalue weighted by molar-refractivity contribution is 6.14. The molecule has 0 aromatic heterocycles. The summed E-state index contributed by atoms with van der Waals surface area (Å²) < 4.78 is 5.51. The van der Waals surface area contributed by atoms with Gasteiger partial charge in [0.2, 0.25) is 0 Å². The highest BCUT2D eigenvalue weighted by Crippen LogP contribution is 2.24. The molecule has 3 N–H and O–H groups in total. The maximum absolute atomic E-state index is 12.5. The lowest BCUT2D eigenvalue weighted by molar-refractivity contribution is 0.0300. The molecule has 6 heteroatoms. The molecule has 0 fully saturated rings. The number of rotatable bonds is 4. The number of amides is 1. The van der Waals surface area contributed by atoms with Gasteiger partial charge >= 0.3 is 6.09 Å². The number of carbonyl (C=O) groups excluding carboxylic acids is 1. The standard InChI is InChI=1S/C24H29N3O3/c1-16-8-5-6-11-19(16)22(26-13-17-9-7-10-18(28)12-17)20-14-27(15-21(20)25)23(29)30-24(2,3)4/h5-12,28H,13-15,25H2,1-4H3. The van der Waals surface area contributed by atoms with E-state index in [4.69, 9.17) is 15.5 Å². The number of phenolic OH excluding ortho intramolecular Hbond substituents is 1. The minimum atomic E-state index is -0.573. The minimum Gasteiger partial charge on any atom is -0.508 e. The topological polar surface area (TPSA) is 88.2 Å². The highest BCUT2D eigenvalue weighted by Gasteiger charge is 2.31. The van der Waals surface area contributed by atoms with Crippen LogP contribution in [-0.2, 0) is 11.3 Å². The average molecular weight is 408 g/mol. The van der Waals surface area contributed by atoms with Gasteiger partial charge in [-0.05, 0) is 51.0 Å². The van der Waals surface area contributed by atoms with Crippen LogP contribution in [0.25, 0.3) is 0 Å². The predicted octanol–water partition coefficient (Wildman–Crippen LogP) is 4.15. The van der Waals surface area contributed by atoms with Crippen LogP contribution in [0.4, 0.5) is 4.79 Å². The van der Waals surface area contributed by atoms with Gasteiger partial charge in [0.15, 0.2) is 0 Å². The number of aryl methyl sites for hydroxylation is 1. The number of nitrogens with two attached hydrogens (primary N) is 1. The normalized spacial score (nSPS) is 14.9. The molecule has 0 atom stereocenters. The van der Waals surface area contributed by atoms with E-state index in [1.54, 1.807) is 23.1 Å². The highest BCUT2D eigenvalue weighted by atomic mass is 16.6. The number of benzene rings is 2. The fraction of sp³-hybridized carbons (Fsp3) is 0.333. The van der Waals surface area contributed by atoms with Crippen molar-refractivity contribution in [1.82, 2.24) is 4.90 Å². The Kier molecular flexibility index (Phi) is 6.15. The van der Waals surface area contributed by atoms with Gasteiger partial charge in [0.25, 0.3) is 0 Å². The molecular weight excluding hydrogens is 378 g/mol. The van der Waals surface area contributed by atoms with Gasteiger partial charge in [-0.2, -0.15) is 0 Å². The Labute approximate surface area is 177 Å². The van der Waals surface area contributed by atoms with Crippen LogP contribution in [0.3, 0.4) is 0 Å². The van der Waals surface area contributed by atoms with Crippen molar-refractivity contribution >= 4 is 11.8 Å². The monoisotopic (exact) mass is 407 g/mol. The number of carbonyl (C=O) groups is 1. The summed E-state index contributed by atoms with van der Waals surface area (Å²) in [5.41, 5.74) is 10.9. The molecule has 1 aliphatic rings. The summed E-state index contributed by atoms with van der Waals surface area (Å²) in [4.78, 5) is 19.0. The zero-order valence-electron chi connectivity index (χ0n) is 18.0. The third kappa shape index (κ3) is 5.20. The summed E-state index contributed by atoms with van der Waals surface area (Å²) in [5.74, 6) is 0.204. The maximum atomic E-state index is 12.5. The second kappa shape index (κ2) is 8.61. The molecule has 30 heavy (non-hydrogen) atoms. The Balaban J connectivity index is 1.92. The molecule has 0 saturated heterocycles. The molecule has 2 aromatic carbocycles. The van der Waals surface area contributed by atoms with Crippen molar-refractivity contribution in [1.29, 1.82) is 0 Å². The molecule has 158 valence electrons. The minimum absolute atomic E-state index is 0.204. The molecule has 0 bridgehead atoms. The first-order chi connectivity index (χ1) is 14.1. The fourth-order valence-electron chi connectivity index (χ4n) is 3.34. The number of hydrogen-bond acceptors (Lipinski definition) is 5. The van der Waals surface area contributed by atoms with Crippen molar-refractivity contribution in [3.05, 3.63) is 76.5 Å². The van der Waals surface area contributed by atoms with Crippen LogP contribution in [0, 0.1) is 6.92 Å². The Morgan fingerprint density at radius 2 is 1.90 bits per heavy atom. The van der Waals surface area contributed by atoms with Crippen LogP contribution < -0.4 is 5.73 Å².